The van der Waals surface area contributed by atoms with Gasteiger partial charge in [-0.3, -0.25) is 9.59 Å². The summed E-state index contributed by atoms with van der Waals surface area (Å²) in [5.41, 5.74) is 2.04. The molecule has 0 atom stereocenters. The van der Waals surface area contributed by atoms with Crippen LogP contribution >= 0.6 is 0 Å². The van der Waals surface area contributed by atoms with E-state index >= 15 is 0 Å². The maximum Gasteiger partial charge on any atom is 0.314 e. The minimum Gasteiger partial charge on any atom is -0.493 e. The first kappa shape index (κ1) is 18.3. The number of para-hydroxylation sites is 1. The number of methoxy groups -OCH3 is 2. The minimum absolute atomic E-state index is 0.227. The Kier molecular flexibility index (Phi) is 6.00. The van der Waals surface area contributed by atoms with Crippen LogP contribution in [0, 0.1) is 0 Å². The van der Waals surface area contributed by atoms with Gasteiger partial charge in [0.25, 0.3) is 0 Å². The molecule has 2 rings (SSSR count). The third-order valence-corrected chi connectivity index (χ3v) is 3.68. The number of hydrogen-bond donors (Lipinski definition) is 2. The number of hydrogen-bond acceptors (Lipinski definition) is 4. The monoisotopic (exact) mass is 342 g/mol. The molecule has 0 unspecified atom stereocenters. The average Bonchev–Trinajstić information content (AvgIpc) is 2.61. The van der Waals surface area contributed by atoms with Crippen molar-refractivity contribution >= 4 is 23.2 Å². The van der Waals surface area contributed by atoms with Crippen LogP contribution in [0.3, 0.4) is 0 Å². The van der Waals surface area contributed by atoms with Crippen molar-refractivity contribution in [3.05, 3.63) is 48.0 Å². The summed E-state index contributed by atoms with van der Waals surface area (Å²) in [4.78, 5) is 24.3. The highest BCUT2D eigenvalue weighted by molar-refractivity contribution is 6.43. The second-order valence-corrected chi connectivity index (χ2v) is 5.72. The molecular formula is C19H22N2O4. The van der Waals surface area contributed by atoms with E-state index in [4.69, 9.17) is 9.47 Å². The molecule has 2 aromatic carbocycles. The second-order valence-electron chi connectivity index (χ2n) is 5.72. The molecule has 0 saturated heterocycles. The first-order chi connectivity index (χ1) is 12.0. The summed E-state index contributed by atoms with van der Waals surface area (Å²) in [5.74, 6) is -0.263. The van der Waals surface area contributed by atoms with E-state index in [1.807, 2.05) is 32.0 Å². The number of benzene rings is 2. The summed E-state index contributed by atoms with van der Waals surface area (Å²) in [6, 6.07) is 12.3. The summed E-state index contributed by atoms with van der Waals surface area (Å²) in [7, 11) is 3.02. The third kappa shape index (κ3) is 4.50. The van der Waals surface area contributed by atoms with Gasteiger partial charge >= 0.3 is 11.8 Å². The molecule has 25 heavy (non-hydrogen) atoms. The highest BCUT2D eigenvalue weighted by Gasteiger charge is 2.17. The van der Waals surface area contributed by atoms with E-state index in [0.29, 0.717) is 22.9 Å². The molecule has 2 N–H and O–H groups in total. The number of ether oxygens (including phenoxy) is 2. The Hall–Kier alpha value is -3.02. The molecule has 0 fully saturated rings. The molecule has 0 radical (unpaired) electrons. The van der Waals surface area contributed by atoms with Crippen LogP contribution in [0.4, 0.5) is 11.4 Å². The number of carbonyl (C=O) groups is 2. The Balaban J connectivity index is 2.10. The van der Waals surface area contributed by atoms with E-state index in [2.05, 4.69) is 10.6 Å². The first-order valence-corrected chi connectivity index (χ1v) is 7.89. The Bertz CT molecular complexity index is 772. The van der Waals surface area contributed by atoms with Crippen molar-refractivity contribution in [1.82, 2.24) is 0 Å². The van der Waals surface area contributed by atoms with Crippen LogP contribution in [0.1, 0.15) is 25.3 Å². The molecule has 132 valence electrons. The second kappa shape index (κ2) is 8.19. The lowest BCUT2D eigenvalue weighted by molar-refractivity contribution is -0.133. The normalized spacial score (nSPS) is 10.3. The van der Waals surface area contributed by atoms with Gasteiger partial charge < -0.3 is 20.1 Å². The van der Waals surface area contributed by atoms with Crippen LogP contribution < -0.4 is 20.1 Å². The van der Waals surface area contributed by atoms with Gasteiger partial charge in [-0.05, 0) is 29.7 Å². The van der Waals surface area contributed by atoms with Crippen LogP contribution in [-0.4, -0.2) is 26.0 Å². The molecule has 0 aliphatic heterocycles. The maximum atomic E-state index is 12.2. The Morgan fingerprint density at radius 3 is 2.16 bits per heavy atom. The number of nitrogens with one attached hydrogen (secondary N) is 2. The minimum atomic E-state index is -0.759. The Morgan fingerprint density at radius 2 is 1.52 bits per heavy atom. The number of carbonyl (C=O) groups excluding carboxylic acids is 2. The lowest BCUT2D eigenvalue weighted by atomic mass is 10.0. The number of anilines is 2. The van der Waals surface area contributed by atoms with Crippen LogP contribution in [0.25, 0.3) is 0 Å². The third-order valence-electron chi connectivity index (χ3n) is 3.68. The average molecular weight is 342 g/mol. The smallest absolute Gasteiger partial charge is 0.314 e. The molecule has 0 spiro atoms. The van der Waals surface area contributed by atoms with Crippen LogP contribution in [0.15, 0.2) is 42.5 Å². The molecule has 6 heteroatoms. The zero-order chi connectivity index (χ0) is 18.4. The fourth-order valence-corrected chi connectivity index (χ4v) is 2.40. The molecule has 6 nitrogen and oxygen atoms in total. The van der Waals surface area contributed by atoms with Gasteiger partial charge in [-0.1, -0.05) is 32.0 Å². The highest BCUT2D eigenvalue weighted by Crippen LogP contribution is 2.29. The van der Waals surface area contributed by atoms with E-state index in [-0.39, 0.29) is 5.92 Å². The van der Waals surface area contributed by atoms with Crippen molar-refractivity contribution in [2.24, 2.45) is 0 Å². The van der Waals surface area contributed by atoms with Gasteiger partial charge in [-0.2, -0.15) is 0 Å². The van der Waals surface area contributed by atoms with Gasteiger partial charge in [0.1, 0.15) is 0 Å². The standard InChI is InChI=1S/C19H22N2O4/c1-12(2)14-7-5-6-8-15(14)21-19(23)18(22)20-13-9-10-16(24-3)17(11-13)25-4/h5-12H,1-4H3,(H,20,22)(H,21,23). The van der Waals surface area contributed by atoms with Crippen molar-refractivity contribution in [2.75, 3.05) is 24.9 Å². The molecular weight excluding hydrogens is 320 g/mol. The molecule has 0 saturated carbocycles. The van der Waals surface area contributed by atoms with Crippen LogP contribution in [0.5, 0.6) is 11.5 Å². The van der Waals surface area contributed by atoms with Gasteiger partial charge in [0.05, 0.1) is 14.2 Å². The van der Waals surface area contributed by atoms with Crippen molar-refractivity contribution in [1.29, 1.82) is 0 Å². The zero-order valence-electron chi connectivity index (χ0n) is 14.8. The highest BCUT2D eigenvalue weighted by atomic mass is 16.5. The Morgan fingerprint density at radius 1 is 0.880 bits per heavy atom. The maximum absolute atomic E-state index is 12.2. The summed E-state index contributed by atoms with van der Waals surface area (Å²) in [6.45, 7) is 4.05. The van der Waals surface area contributed by atoms with Crippen molar-refractivity contribution in [3.8, 4) is 11.5 Å². The molecule has 0 bridgehead atoms. The summed E-state index contributed by atoms with van der Waals surface area (Å²) >= 11 is 0. The van der Waals surface area contributed by atoms with Crippen LogP contribution in [0.2, 0.25) is 0 Å². The van der Waals surface area contributed by atoms with Gasteiger partial charge in [0, 0.05) is 17.4 Å². The molecule has 0 aliphatic carbocycles. The fraction of sp³-hybridized carbons (Fsp3) is 0.263. The predicted molar refractivity (Wildman–Crippen MR) is 97.3 cm³/mol. The largest absolute Gasteiger partial charge is 0.493 e. The molecule has 0 aromatic heterocycles. The topological polar surface area (TPSA) is 76.7 Å². The zero-order valence-corrected chi connectivity index (χ0v) is 14.8. The predicted octanol–water partition coefficient (Wildman–Crippen LogP) is 3.40. The first-order valence-electron chi connectivity index (χ1n) is 7.89. The van der Waals surface area contributed by atoms with Gasteiger partial charge in [-0.25, -0.2) is 0 Å². The summed E-state index contributed by atoms with van der Waals surface area (Å²) in [6.07, 6.45) is 0. The fourth-order valence-electron chi connectivity index (χ4n) is 2.40. The summed E-state index contributed by atoms with van der Waals surface area (Å²) < 4.78 is 10.3. The summed E-state index contributed by atoms with van der Waals surface area (Å²) in [5, 5.41) is 5.21. The molecule has 0 heterocycles. The van der Waals surface area contributed by atoms with Crippen LogP contribution in [-0.2, 0) is 9.59 Å². The Labute approximate surface area is 147 Å². The van der Waals surface area contributed by atoms with Crippen molar-refractivity contribution < 1.29 is 19.1 Å². The number of amides is 2. The SMILES string of the molecule is COc1ccc(NC(=O)C(=O)Nc2ccccc2C(C)C)cc1OC. The number of rotatable bonds is 5. The van der Waals surface area contributed by atoms with Gasteiger partial charge in [-0.15, -0.1) is 0 Å². The molecule has 0 aliphatic rings. The van der Waals surface area contributed by atoms with Crippen molar-refractivity contribution in [2.45, 2.75) is 19.8 Å². The molecule has 2 aromatic rings. The lowest BCUT2D eigenvalue weighted by Crippen LogP contribution is -2.29. The molecule has 2 amide bonds. The quantitative estimate of drug-likeness (QED) is 0.817. The van der Waals surface area contributed by atoms with Gasteiger partial charge in [0.2, 0.25) is 0 Å². The van der Waals surface area contributed by atoms with E-state index in [1.165, 1.54) is 14.2 Å². The van der Waals surface area contributed by atoms with E-state index in [1.54, 1.807) is 24.3 Å². The lowest BCUT2D eigenvalue weighted by Gasteiger charge is -2.14. The van der Waals surface area contributed by atoms with Gasteiger partial charge in [0.15, 0.2) is 11.5 Å². The van der Waals surface area contributed by atoms with E-state index < -0.39 is 11.8 Å². The van der Waals surface area contributed by atoms with E-state index in [9.17, 15) is 9.59 Å². The van der Waals surface area contributed by atoms with E-state index in [0.717, 1.165) is 5.56 Å². The van der Waals surface area contributed by atoms with Crippen molar-refractivity contribution in [3.63, 3.8) is 0 Å².